The van der Waals surface area contributed by atoms with Crippen LogP contribution in [0.5, 0.6) is 5.75 Å². The number of benzene rings is 1. The molecule has 0 heterocycles. The summed E-state index contributed by atoms with van der Waals surface area (Å²) in [5, 5.41) is 11.9. The minimum atomic E-state index is -0.878. The smallest absolute Gasteiger partial charge is 0.305 e. The number of rotatable bonds is 6. The molecular weight excluding hydrogens is 270 g/mol. The van der Waals surface area contributed by atoms with Gasteiger partial charge in [0.1, 0.15) is 5.75 Å². The van der Waals surface area contributed by atoms with Gasteiger partial charge >= 0.3 is 5.97 Å². The molecule has 0 atom stereocenters. The van der Waals surface area contributed by atoms with E-state index in [2.05, 4.69) is 5.32 Å². The molecule has 114 valence electrons. The number of ether oxygens (including phenoxy) is 1. The Morgan fingerprint density at radius 3 is 2.67 bits per heavy atom. The van der Waals surface area contributed by atoms with Crippen LogP contribution in [0.2, 0.25) is 0 Å². The summed E-state index contributed by atoms with van der Waals surface area (Å²) in [4.78, 5) is 23.0. The molecule has 1 aromatic rings. The Bertz CT molecular complexity index is 521. The molecule has 1 saturated carbocycles. The minimum absolute atomic E-state index is 0.0246. The van der Waals surface area contributed by atoms with Crippen molar-refractivity contribution in [1.82, 2.24) is 5.32 Å². The van der Waals surface area contributed by atoms with Crippen LogP contribution in [0.4, 0.5) is 0 Å². The van der Waals surface area contributed by atoms with E-state index in [1.807, 2.05) is 25.1 Å². The summed E-state index contributed by atoms with van der Waals surface area (Å²) in [5.74, 6) is -0.500. The Hall–Kier alpha value is -2.04. The zero-order valence-electron chi connectivity index (χ0n) is 12.2. The first kappa shape index (κ1) is 15.4. The molecule has 1 fully saturated rings. The first-order valence-corrected chi connectivity index (χ1v) is 7.21. The Kier molecular flexibility index (Phi) is 4.83. The zero-order chi connectivity index (χ0) is 15.3. The van der Waals surface area contributed by atoms with Crippen LogP contribution < -0.4 is 10.1 Å². The lowest BCUT2D eigenvalue weighted by molar-refractivity contribution is -0.139. The largest absolute Gasteiger partial charge is 0.484 e. The fourth-order valence-electron chi connectivity index (χ4n) is 2.87. The molecule has 5 heteroatoms. The van der Waals surface area contributed by atoms with Gasteiger partial charge in [-0.05, 0) is 37.5 Å². The van der Waals surface area contributed by atoms with Crippen molar-refractivity contribution in [3.8, 4) is 5.75 Å². The van der Waals surface area contributed by atoms with Crippen LogP contribution in [0, 0.1) is 6.92 Å². The van der Waals surface area contributed by atoms with Gasteiger partial charge < -0.3 is 15.2 Å². The van der Waals surface area contributed by atoms with Gasteiger partial charge in [0.2, 0.25) is 0 Å². The number of carboxylic acid groups (broad SMARTS) is 1. The number of carboxylic acids is 1. The van der Waals surface area contributed by atoms with Crippen molar-refractivity contribution >= 4 is 11.9 Å². The predicted molar refractivity (Wildman–Crippen MR) is 78.3 cm³/mol. The zero-order valence-corrected chi connectivity index (χ0v) is 12.2. The molecule has 0 aromatic heterocycles. The minimum Gasteiger partial charge on any atom is -0.484 e. The molecule has 1 aliphatic rings. The van der Waals surface area contributed by atoms with Crippen molar-refractivity contribution in [3.63, 3.8) is 0 Å². The van der Waals surface area contributed by atoms with Gasteiger partial charge in [-0.15, -0.1) is 0 Å². The third kappa shape index (κ3) is 4.48. The van der Waals surface area contributed by atoms with E-state index in [-0.39, 0.29) is 18.9 Å². The van der Waals surface area contributed by atoms with Gasteiger partial charge in [0.05, 0.1) is 12.0 Å². The molecule has 0 spiro atoms. The average Bonchev–Trinajstić information content (AvgIpc) is 2.83. The molecule has 0 radical (unpaired) electrons. The van der Waals surface area contributed by atoms with Crippen molar-refractivity contribution in [2.24, 2.45) is 0 Å². The molecule has 1 aromatic carbocycles. The lowest BCUT2D eigenvalue weighted by Gasteiger charge is -2.28. The molecule has 2 rings (SSSR count). The van der Waals surface area contributed by atoms with E-state index in [4.69, 9.17) is 9.84 Å². The fraction of sp³-hybridized carbons (Fsp3) is 0.500. The van der Waals surface area contributed by atoms with Crippen LogP contribution in [0.3, 0.4) is 0 Å². The van der Waals surface area contributed by atoms with E-state index in [9.17, 15) is 9.59 Å². The van der Waals surface area contributed by atoms with Crippen molar-refractivity contribution in [2.45, 2.75) is 44.6 Å². The van der Waals surface area contributed by atoms with Gasteiger partial charge in [-0.25, -0.2) is 0 Å². The summed E-state index contributed by atoms with van der Waals surface area (Å²) in [6.45, 7) is 1.86. The van der Waals surface area contributed by atoms with Gasteiger partial charge in [-0.2, -0.15) is 0 Å². The van der Waals surface area contributed by atoms with Crippen LogP contribution in [-0.2, 0) is 9.59 Å². The summed E-state index contributed by atoms with van der Waals surface area (Å²) < 4.78 is 5.45. The maximum Gasteiger partial charge on any atom is 0.305 e. The topological polar surface area (TPSA) is 75.6 Å². The molecule has 1 amide bonds. The van der Waals surface area contributed by atoms with Crippen molar-refractivity contribution < 1.29 is 19.4 Å². The van der Waals surface area contributed by atoms with E-state index < -0.39 is 11.5 Å². The molecule has 2 N–H and O–H groups in total. The first-order chi connectivity index (χ1) is 9.99. The SMILES string of the molecule is Cc1cccc(OCC(=O)NC2(CC(=O)O)CCCC2)c1. The van der Waals surface area contributed by atoms with Crippen LogP contribution >= 0.6 is 0 Å². The molecule has 0 saturated heterocycles. The Morgan fingerprint density at radius 2 is 2.05 bits per heavy atom. The highest BCUT2D eigenvalue weighted by Gasteiger charge is 2.37. The van der Waals surface area contributed by atoms with E-state index >= 15 is 0 Å². The summed E-state index contributed by atoms with van der Waals surface area (Å²) in [5.41, 5.74) is 0.463. The van der Waals surface area contributed by atoms with Crippen molar-refractivity contribution in [2.75, 3.05) is 6.61 Å². The monoisotopic (exact) mass is 291 g/mol. The van der Waals surface area contributed by atoms with Gasteiger partial charge in [-0.1, -0.05) is 25.0 Å². The van der Waals surface area contributed by atoms with Crippen LogP contribution in [-0.4, -0.2) is 29.1 Å². The highest BCUT2D eigenvalue weighted by atomic mass is 16.5. The Labute approximate surface area is 124 Å². The molecule has 5 nitrogen and oxygen atoms in total. The summed E-state index contributed by atoms with van der Waals surface area (Å²) in [6, 6.07) is 7.47. The molecule has 21 heavy (non-hydrogen) atoms. The normalized spacial score (nSPS) is 16.4. The van der Waals surface area contributed by atoms with E-state index in [1.165, 1.54) is 0 Å². The number of amides is 1. The number of carbonyl (C=O) groups excluding carboxylic acids is 1. The van der Waals surface area contributed by atoms with Crippen molar-refractivity contribution in [3.05, 3.63) is 29.8 Å². The van der Waals surface area contributed by atoms with Crippen molar-refractivity contribution in [1.29, 1.82) is 0 Å². The maximum absolute atomic E-state index is 12.0. The number of hydrogen-bond acceptors (Lipinski definition) is 3. The van der Waals surface area contributed by atoms with Gasteiger partial charge in [0.15, 0.2) is 6.61 Å². The van der Waals surface area contributed by atoms with Gasteiger partial charge in [-0.3, -0.25) is 9.59 Å². The van der Waals surface area contributed by atoms with Crippen LogP contribution in [0.1, 0.15) is 37.7 Å². The second-order valence-corrected chi connectivity index (χ2v) is 5.71. The standard InChI is InChI=1S/C16H21NO4/c1-12-5-4-6-13(9-12)21-11-14(18)17-16(10-15(19)20)7-2-3-8-16/h4-6,9H,2-3,7-8,10-11H2,1H3,(H,17,18)(H,19,20). The summed E-state index contributed by atoms with van der Waals surface area (Å²) in [7, 11) is 0. The van der Waals surface area contributed by atoms with E-state index in [0.717, 1.165) is 31.2 Å². The third-order valence-electron chi connectivity index (χ3n) is 3.81. The second-order valence-electron chi connectivity index (χ2n) is 5.71. The third-order valence-corrected chi connectivity index (χ3v) is 3.81. The molecule has 0 bridgehead atoms. The molecule has 0 unspecified atom stereocenters. The maximum atomic E-state index is 12.0. The molecule has 1 aliphatic carbocycles. The molecule has 0 aliphatic heterocycles. The number of aryl methyl sites for hydroxylation is 1. The number of nitrogens with one attached hydrogen (secondary N) is 1. The Balaban J connectivity index is 1.89. The predicted octanol–water partition coefficient (Wildman–Crippen LogP) is 2.28. The Morgan fingerprint density at radius 1 is 1.33 bits per heavy atom. The number of carbonyl (C=O) groups is 2. The lowest BCUT2D eigenvalue weighted by Crippen LogP contribution is -2.49. The first-order valence-electron chi connectivity index (χ1n) is 7.21. The highest BCUT2D eigenvalue weighted by Crippen LogP contribution is 2.32. The van der Waals surface area contributed by atoms with Gasteiger partial charge in [0.25, 0.3) is 5.91 Å². The van der Waals surface area contributed by atoms with Crippen LogP contribution in [0.25, 0.3) is 0 Å². The van der Waals surface area contributed by atoms with E-state index in [0.29, 0.717) is 5.75 Å². The molecular formula is C16H21NO4. The summed E-state index contributed by atoms with van der Waals surface area (Å²) in [6.07, 6.45) is 3.31. The second kappa shape index (κ2) is 6.61. The fourth-order valence-corrected chi connectivity index (χ4v) is 2.87. The quantitative estimate of drug-likeness (QED) is 0.843. The number of aliphatic carboxylic acids is 1. The van der Waals surface area contributed by atoms with Crippen LogP contribution in [0.15, 0.2) is 24.3 Å². The average molecular weight is 291 g/mol. The van der Waals surface area contributed by atoms with Gasteiger partial charge in [0, 0.05) is 0 Å². The summed E-state index contributed by atoms with van der Waals surface area (Å²) >= 11 is 0. The van der Waals surface area contributed by atoms with E-state index in [1.54, 1.807) is 6.07 Å². The number of hydrogen-bond donors (Lipinski definition) is 2. The lowest BCUT2D eigenvalue weighted by atomic mass is 9.93. The highest BCUT2D eigenvalue weighted by molar-refractivity contribution is 5.79.